The molecule has 26 heavy (non-hydrogen) atoms. The smallest absolute Gasteiger partial charge is 0.277 e. The minimum Gasteiger partial charge on any atom is -0.420 e. The molecule has 4 aromatic rings. The molecule has 0 spiro atoms. The summed E-state index contributed by atoms with van der Waals surface area (Å²) in [4.78, 5) is 0. The van der Waals surface area contributed by atoms with Crippen LogP contribution in [0.4, 0.5) is 0 Å². The van der Waals surface area contributed by atoms with E-state index < -0.39 is 0 Å². The maximum absolute atomic E-state index is 6.15. The van der Waals surface area contributed by atoms with E-state index in [4.69, 9.17) is 32.0 Å². The van der Waals surface area contributed by atoms with Crippen molar-refractivity contribution in [3.05, 3.63) is 64.5 Å². The maximum Gasteiger partial charge on any atom is 0.277 e. The molecule has 0 bridgehead atoms. The Kier molecular flexibility index (Phi) is 4.92. The third-order valence-electron chi connectivity index (χ3n) is 3.37. The van der Waals surface area contributed by atoms with Gasteiger partial charge in [-0.15, -0.1) is 20.4 Å². The largest absolute Gasteiger partial charge is 0.420 e. The van der Waals surface area contributed by atoms with Gasteiger partial charge in [0.1, 0.15) is 0 Å². The summed E-state index contributed by atoms with van der Waals surface area (Å²) in [5, 5.41) is 17.5. The van der Waals surface area contributed by atoms with Gasteiger partial charge in [-0.1, -0.05) is 53.2 Å². The molecular formula is C17H10Cl2N4O2S. The SMILES string of the molecule is Clc1ccc(-c2nnc(SCc3nnc(-c4ccccc4)o3)o2)c(Cl)c1. The van der Waals surface area contributed by atoms with Crippen molar-refractivity contribution in [3.63, 3.8) is 0 Å². The maximum atomic E-state index is 6.15. The van der Waals surface area contributed by atoms with E-state index >= 15 is 0 Å². The van der Waals surface area contributed by atoms with Crippen LogP contribution in [-0.2, 0) is 5.75 Å². The molecule has 9 heteroatoms. The molecule has 0 aliphatic rings. The molecule has 0 aliphatic heterocycles. The van der Waals surface area contributed by atoms with E-state index in [9.17, 15) is 0 Å². The molecule has 6 nitrogen and oxygen atoms in total. The molecule has 0 fully saturated rings. The lowest BCUT2D eigenvalue weighted by Crippen LogP contribution is -1.80. The second-order valence-corrected chi connectivity index (χ2v) is 6.92. The zero-order valence-corrected chi connectivity index (χ0v) is 15.4. The monoisotopic (exact) mass is 404 g/mol. The third-order valence-corrected chi connectivity index (χ3v) is 4.73. The average molecular weight is 405 g/mol. The highest BCUT2D eigenvalue weighted by atomic mass is 35.5. The number of benzene rings is 2. The normalized spacial score (nSPS) is 11.0. The van der Waals surface area contributed by atoms with Crippen molar-refractivity contribution in [2.24, 2.45) is 0 Å². The predicted molar refractivity (Wildman–Crippen MR) is 99.0 cm³/mol. The summed E-state index contributed by atoms with van der Waals surface area (Å²) in [6, 6.07) is 14.6. The minimum absolute atomic E-state index is 0.324. The van der Waals surface area contributed by atoms with E-state index in [0.717, 1.165) is 5.56 Å². The van der Waals surface area contributed by atoms with Crippen molar-refractivity contribution in [1.82, 2.24) is 20.4 Å². The molecule has 2 aromatic heterocycles. The van der Waals surface area contributed by atoms with E-state index in [-0.39, 0.29) is 0 Å². The number of hydrogen-bond donors (Lipinski definition) is 0. The summed E-state index contributed by atoms with van der Waals surface area (Å²) in [5.74, 6) is 1.68. The van der Waals surface area contributed by atoms with Crippen LogP contribution in [-0.4, -0.2) is 20.4 Å². The van der Waals surface area contributed by atoms with Crippen molar-refractivity contribution in [2.75, 3.05) is 0 Å². The third kappa shape index (κ3) is 3.75. The van der Waals surface area contributed by atoms with Gasteiger partial charge in [-0.25, -0.2) is 0 Å². The Morgan fingerprint density at radius 1 is 0.846 bits per heavy atom. The predicted octanol–water partition coefficient (Wildman–Crippen LogP) is 5.39. The van der Waals surface area contributed by atoms with Crippen LogP contribution >= 0.6 is 35.0 Å². The van der Waals surface area contributed by atoms with Crippen molar-refractivity contribution in [3.8, 4) is 22.9 Å². The van der Waals surface area contributed by atoms with Crippen LogP contribution in [0.15, 0.2) is 62.6 Å². The topological polar surface area (TPSA) is 77.8 Å². The molecule has 130 valence electrons. The van der Waals surface area contributed by atoms with E-state index in [1.807, 2.05) is 30.3 Å². The lowest BCUT2D eigenvalue weighted by molar-refractivity contribution is 0.464. The van der Waals surface area contributed by atoms with E-state index in [1.165, 1.54) is 11.8 Å². The fourth-order valence-corrected chi connectivity index (χ4v) is 3.26. The minimum atomic E-state index is 0.324. The Morgan fingerprint density at radius 2 is 1.65 bits per heavy atom. The standard InChI is InChI=1S/C17H10Cl2N4O2S/c18-11-6-7-12(13(19)8-11)16-22-23-17(25-16)26-9-14-20-21-15(24-14)10-4-2-1-3-5-10/h1-8H,9H2. The molecule has 4 rings (SSSR count). The summed E-state index contributed by atoms with van der Waals surface area (Å²) in [5.41, 5.74) is 1.49. The first-order chi connectivity index (χ1) is 12.7. The molecule has 0 aliphatic carbocycles. The molecular weight excluding hydrogens is 395 g/mol. The van der Waals surface area contributed by atoms with Gasteiger partial charge in [-0.3, -0.25) is 0 Å². The van der Waals surface area contributed by atoms with Crippen LogP contribution in [0.5, 0.6) is 0 Å². The molecule has 2 aromatic carbocycles. The fraction of sp³-hybridized carbons (Fsp3) is 0.0588. The van der Waals surface area contributed by atoms with Gasteiger partial charge in [0.2, 0.25) is 17.7 Å². The van der Waals surface area contributed by atoms with Gasteiger partial charge in [0, 0.05) is 10.6 Å². The average Bonchev–Trinajstić information content (AvgIpc) is 3.30. The van der Waals surface area contributed by atoms with Crippen LogP contribution < -0.4 is 0 Å². The summed E-state index contributed by atoms with van der Waals surface area (Å²) < 4.78 is 11.3. The van der Waals surface area contributed by atoms with Gasteiger partial charge >= 0.3 is 0 Å². The van der Waals surface area contributed by atoms with Crippen LogP contribution in [0.25, 0.3) is 22.9 Å². The summed E-state index contributed by atoms with van der Waals surface area (Å²) in [6.07, 6.45) is 0. The van der Waals surface area contributed by atoms with Crippen LogP contribution in [0, 0.1) is 0 Å². The second-order valence-electron chi connectivity index (χ2n) is 5.15. The van der Waals surface area contributed by atoms with Crippen LogP contribution in [0.3, 0.4) is 0 Å². The first-order valence-electron chi connectivity index (χ1n) is 7.48. The summed E-state index contributed by atoms with van der Waals surface area (Å²) >= 11 is 13.4. The summed E-state index contributed by atoms with van der Waals surface area (Å²) in [6.45, 7) is 0. The first kappa shape index (κ1) is 17.1. The lowest BCUT2D eigenvalue weighted by Gasteiger charge is -1.98. The summed E-state index contributed by atoms with van der Waals surface area (Å²) in [7, 11) is 0. The van der Waals surface area contributed by atoms with Gasteiger partial charge in [-0.2, -0.15) is 0 Å². The quantitative estimate of drug-likeness (QED) is 0.412. The zero-order chi connectivity index (χ0) is 17.9. The van der Waals surface area contributed by atoms with Crippen LogP contribution in [0.1, 0.15) is 5.89 Å². The van der Waals surface area contributed by atoms with Crippen molar-refractivity contribution < 1.29 is 8.83 Å². The molecule has 0 saturated carbocycles. The van der Waals surface area contributed by atoms with Gasteiger partial charge in [-0.05, 0) is 30.3 Å². The van der Waals surface area contributed by atoms with Crippen molar-refractivity contribution in [2.45, 2.75) is 11.0 Å². The van der Waals surface area contributed by atoms with E-state index in [2.05, 4.69) is 20.4 Å². The van der Waals surface area contributed by atoms with Gasteiger partial charge in [0.25, 0.3) is 5.22 Å². The highest BCUT2D eigenvalue weighted by Gasteiger charge is 2.14. The highest BCUT2D eigenvalue weighted by Crippen LogP contribution is 2.31. The Hall–Kier alpha value is -2.35. The molecule has 0 amide bonds. The lowest BCUT2D eigenvalue weighted by atomic mass is 10.2. The fourth-order valence-electron chi connectivity index (χ4n) is 2.17. The number of halogens is 2. The molecule has 0 saturated heterocycles. The number of hydrogen-bond acceptors (Lipinski definition) is 7. The van der Waals surface area contributed by atoms with Crippen LogP contribution in [0.2, 0.25) is 10.0 Å². The highest BCUT2D eigenvalue weighted by molar-refractivity contribution is 7.98. The Balaban J connectivity index is 1.45. The van der Waals surface area contributed by atoms with Gasteiger partial charge in [0.05, 0.1) is 16.3 Å². The number of thioether (sulfide) groups is 1. The van der Waals surface area contributed by atoms with Gasteiger partial charge in [0.15, 0.2) is 0 Å². The molecule has 0 N–H and O–H groups in total. The Bertz CT molecular complexity index is 1040. The Morgan fingerprint density at radius 3 is 2.46 bits per heavy atom. The molecule has 0 atom stereocenters. The van der Waals surface area contributed by atoms with Crippen molar-refractivity contribution in [1.29, 1.82) is 0 Å². The number of aromatic nitrogens is 4. The van der Waals surface area contributed by atoms with Crippen molar-refractivity contribution >= 4 is 35.0 Å². The van der Waals surface area contributed by atoms with Gasteiger partial charge < -0.3 is 8.83 Å². The Labute approximate surface area is 162 Å². The van der Waals surface area contributed by atoms with E-state index in [1.54, 1.807) is 18.2 Å². The molecule has 2 heterocycles. The number of nitrogens with zero attached hydrogens (tertiary/aromatic N) is 4. The van der Waals surface area contributed by atoms with E-state index in [0.29, 0.717) is 44.3 Å². The molecule has 0 radical (unpaired) electrons. The molecule has 0 unspecified atom stereocenters. The zero-order valence-electron chi connectivity index (χ0n) is 13.1. The first-order valence-corrected chi connectivity index (χ1v) is 9.23. The number of rotatable bonds is 5. The second kappa shape index (κ2) is 7.49.